The Bertz CT molecular complexity index is 1420. The summed E-state index contributed by atoms with van der Waals surface area (Å²) in [4.78, 5) is 23.3. The van der Waals surface area contributed by atoms with Gasteiger partial charge >= 0.3 is 7.82 Å². The Hall–Kier alpha value is -1.80. The molecule has 0 aliphatic heterocycles. The molecule has 0 bridgehead atoms. The Kier molecular flexibility index (Phi) is 56.5. The number of nitrogens with one attached hydrogen (secondary N) is 1. The molecule has 0 aliphatic rings. The van der Waals surface area contributed by atoms with Crippen LogP contribution in [0.5, 0.6) is 0 Å². The van der Waals surface area contributed by atoms with Crippen molar-refractivity contribution in [2.75, 3.05) is 40.9 Å². The number of rotatable bonds is 60. The molecule has 1 amide bonds. The first-order chi connectivity index (χ1) is 37.0. The summed E-state index contributed by atoms with van der Waals surface area (Å²) in [5.41, 5.74) is 0. The molecule has 0 aliphatic carbocycles. The second-order valence-electron chi connectivity index (χ2n) is 23.5. The van der Waals surface area contributed by atoms with Crippen molar-refractivity contribution in [2.45, 2.75) is 321 Å². The normalized spacial score (nSPS) is 14.1. The number of hydrogen-bond donors (Lipinski definition) is 3. The van der Waals surface area contributed by atoms with Gasteiger partial charge in [-0.25, -0.2) is 4.57 Å². The average molecular weight is 1090 g/mol. The number of aliphatic hydroxyl groups is 1. The van der Waals surface area contributed by atoms with Gasteiger partial charge in [0.15, 0.2) is 0 Å². The fraction of sp³-hybridized carbons (Fsp3) is 0.836. The van der Waals surface area contributed by atoms with Gasteiger partial charge in [-0.05, 0) is 77.0 Å². The smallest absolute Gasteiger partial charge is 0.387 e. The van der Waals surface area contributed by atoms with Gasteiger partial charge in [0.05, 0.1) is 39.9 Å². The number of likely N-dealkylation sites (N-methyl/N-ethyl adjacent to an activating group) is 1. The van der Waals surface area contributed by atoms with Crippen LogP contribution in [0.3, 0.4) is 0 Å². The third-order valence-electron chi connectivity index (χ3n) is 14.7. The van der Waals surface area contributed by atoms with Crippen LogP contribution in [0.4, 0.5) is 0 Å². The van der Waals surface area contributed by atoms with E-state index < -0.39 is 20.0 Å². The van der Waals surface area contributed by atoms with E-state index in [1.54, 1.807) is 6.08 Å². The molecule has 0 saturated carbocycles. The maximum absolute atomic E-state index is 13.0. The SMILES string of the molecule is CCCCCCCCC/C=C/CC/C=C/CC/C=C/C(O)C(COP(=O)(O)OCC[N+](C)(C)C)NC(=O)CCCCCCCCCCCCCCCCCCC/C=C\C/C=C\CCCCCCCCCCCCCCC. The first-order valence-corrected chi connectivity index (χ1v) is 34.2. The van der Waals surface area contributed by atoms with Crippen molar-refractivity contribution in [2.24, 2.45) is 0 Å². The molecule has 0 radical (unpaired) electrons. The summed E-state index contributed by atoms with van der Waals surface area (Å²) >= 11 is 0. The molecule has 0 rings (SSSR count). The lowest BCUT2D eigenvalue weighted by Crippen LogP contribution is -2.45. The van der Waals surface area contributed by atoms with E-state index in [2.05, 4.69) is 67.8 Å². The molecular weight excluding hydrogens is 960 g/mol. The number of nitrogens with zero attached hydrogens (tertiary/aromatic N) is 1. The lowest BCUT2D eigenvalue weighted by Gasteiger charge is -2.25. The molecule has 8 nitrogen and oxygen atoms in total. The number of allylic oxidation sites excluding steroid dienone is 9. The molecule has 0 aromatic rings. The van der Waals surface area contributed by atoms with E-state index in [4.69, 9.17) is 9.05 Å². The minimum absolute atomic E-state index is 0.0529. The number of phosphoric acid groups is 1. The van der Waals surface area contributed by atoms with Crippen LogP contribution in [0.25, 0.3) is 0 Å². The number of quaternary nitrogens is 1. The highest BCUT2D eigenvalue weighted by atomic mass is 31.2. The van der Waals surface area contributed by atoms with E-state index in [1.807, 2.05) is 27.2 Å². The number of aliphatic hydroxyl groups excluding tert-OH is 1. The minimum Gasteiger partial charge on any atom is -0.387 e. The number of hydrogen-bond acceptors (Lipinski definition) is 5. The van der Waals surface area contributed by atoms with Crippen LogP contribution in [0.15, 0.2) is 60.8 Å². The molecule has 3 atom stereocenters. The second-order valence-corrected chi connectivity index (χ2v) is 24.9. The highest BCUT2D eigenvalue weighted by Gasteiger charge is 2.27. The Morgan fingerprint density at radius 1 is 0.447 bits per heavy atom. The van der Waals surface area contributed by atoms with E-state index in [-0.39, 0.29) is 19.1 Å². The molecule has 3 unspecified atom stereocenters. The number of carbonyl (C=O) groups is 1. The van der Waals surface area contributed by atoms with Gasteiger partial charge in [-0.3, -0.25) is 13.8 Å². The molecule has 9 heteroatoms. The van der Waals surface area contributed by atoms with Crippen molar-refractivity contribution in [3.63, 3.8) is 0 Å². The first kappa shape index (κ1) is 74.2. The Morgan fingerprint density at radius 2 is 0.763 bits per heavy atom. The molecule has 0 spiro atoms. The van der Waals surface area contributed by atoms with Crippen molar-refractivity contribution >= 4 is 13.7 Å². The van der Waals surface area contributed by atoms with E-state index >= 15 is 0 Å². The largest absolute Gasteiger partial charge is 0.472 e. The highest BCUT2D eigenvalue weighted by molar-refractivity contribution is 7.47. The van der Waals surface area contributed by atoms with Crippen LogP contribution in [-0.2, 0) is 18.4 Å². The fourth-order valence-corrected chi connectivity index (χ4v) is 10.3. The lowest BCUT2D eigenvalue weighted by atomic mass is 10.0. The average Bonchev–Trinajstić information content (AvgIpc) is 3.38. The molecule has 0 aromatic heterocycles. The van der Waals surface area contributed by atoms with Crippen LogP contribution < -0.4 is 5.32 Å². The number of unbranched alkanes of at least 4 members (excludes halogenated alkanes) is 39. The molecule has 0 fully saturated rings. The Balaban J connectivity index is 4.02. The molecule has 0 aromatic carbocycles. The summed E-state index contributed by atoms with van der Waals surface area (Å²) in [7, 11) is 1.55. The van der Waals surface area contributed by atoms with Crippen LogP contribution in [0.1, 0.15) is 309 Å². The quantitative estimate of drug-likeness (QED) is 0.0243. The van der Waals surface area contributed by atoms with Crippen LogP contribution >= 0.6 is 7.82 Å². The van der Waals surface area contributed by atoms with Crippen LogP contribution in [-0.4, -0.2) is 73.4 Å². The maximum atomic E-state index is 13.0. The highest BCUT2D eigenvalue weighted by Crippen LogP contribution is 2.43. The maximum Gasteiger partial charge on any atom is 0.472 e. The van der Waals surface area contributed by atoms with Crippen molar-refractivity contribution in [3.8, 4) is 0 Å². The number of carbonyl (C=O) groups excluding carboxylic acids is 1. The summed E-state index contributed by atoms with van der Waals surface area (Å²) in [6.07, 6.45) is 79.4. The van der Waals surface area contributed by atoms with Gasteiger partial charge < -0.3 is 19.8 Å². The van der Waals surface area contributed by atoms with Crippen molar-refractivity contribution < 1.29 is 32.9 Å². The molecule has 0 heterocycles. The predicted octanol–water partition coefficient (Wildman–Crippen LogP) is 20.4. The van der Waals surface area contributed by atoms with Gasteiger partial charge in [-0.1, -0.05) is 286 Å². The van der Waals surface area contributed by atoms with E-state index in [0.29, 0.717) is 17.4 Å². The van der Waals surface area contributed by atoms with E-state index in [0.717, 1.165) is 51.4 Å². The summed E-state index contributed by atoms with van der Waals surface area (Å²) in [6, 6.07) is -0.871. The van der Waals surface area contributed by atoms with Crippen molar-refractivity contribution in [1.29, 1.82) is 0 Å². The van der Waals surface area contributed by atoms with Crippen molar-refractivity contribution in [3.05, 3.63) is 60.8 Å². The summed E-state index contributed by atoms with van der Waals surface area (Å²) in [5, 5.41) is 13.9. The topological polar surface area (TPSA) is 105 Å². The molecule has 0 saturated heterocycles. The summed E-state index contributed by atoms with van der Waals surface area (Å²) in [6.45, 7) is 4.81. The molecular formula is C67H128N2O6P+. The van der Waals surface area contributed by atoms with Gasteiger partial charge in [-0.15, -0.1) is 0 Å². The van der Waals surface area contributed by atoms with E-state index in [9.17, 15) is 19.4 Å². The number of phosphoric ester groups is 1. The van der Waals surface area contributed by atoms with E-state index in [1.165, 1.54) is 238 Å². The number of amides is 1. The van der Waals surface area contributed by atoms with Crippen LogP contribution in [0.2, 0.25) is 0 Å². The van der Waals surface area contributed by atoms with Crippen LogP contribution in [0, 0.1) is 0 Å². The third kappa shape index (κ3) is 59.9. The fourth-order valence-electron chi connectivity index (χ4n) is 9.58. The summed E-state index contributed by atoms with van der Waals surface area (Å²) in [5.74, 6) is -0.189. The van der Waals surface area contributed by atoms with Gasteiger partial charge in [0.1, 0.15) is 13.2 Å². The minimum atomic E-state index is -4.36. The lowest BCUT2D eigenvalue weighted by molar-refractivity contribution is -0.870. The Morgan fingerprint density at radius 3 is 1.13 bits per heavy atom. The zero-order valence-electron chi connectivity index (χ0n) is 51.0. The molecule has 3 N–H and O–H groups in total. The summed E-state index contributed by atoms with van der Waals surface area (Å²) < 4.78 is 23.7. The molecule has 76 heavy (non-hydrogen) atoms. The van der Waals surface area contributed by atoms with Gasteiger partial charge in [0.2, 0.25) is 5.91 Å². The Labute approximate surface area is 472 Å². The van der Waals surface area contributed by atoms with Gasteiger partial charge in [-0.2, -0.15) is 0 Å². The third-order valence-corrected chi connectivity index (χ3v) is 15.7. The van der Waals surface area contributed by atoms with Gasteiger partial charge in [0, 0.05) is 6.42 Å². The molecule has 446 valence electrons. The second kappa shape index (κ2) is 57.9. The predicted molar refractivity (Wildman–Crippen MR) is 332 cm³/mol. The van der Waals surface area contributed by atoms with Crippen molar-refractivity contribution in [1.82, 2.24) is 5.32 Å². The zero-order valence-corrected chi connectivity index (χ0v) is 51.9. The standard InChI is InChI=1S/C67H127N2O6P/c1-6-8-10-12-14-16-18-20-22-24-25-26-27-28-29-30-31-32-33-34-35-36-37-38-39-40-41-42-43-45-47-49-51-53-55-57-59-61-67(71)68-65(64-75-76(72,73)74-63-62-69(3,4)5)66(70)60-58-56-54-52-50-48-46-44-23-21-19-17-15-13-11-9-7-2/h23,29-30,32-33,44,50,52,58,60,65-66,70H,6-22,24-28,31,34-43,45-49,51,53-57,59,61-64H2,1-5H3,(H-,68,71,72,73)/p+1/b30-29-,33-32-,44-23+,52-50+,60-58+. The zero-order chi connectivity index (χ0) is 55.6. The first-order valence-electron chi connectivity index (χ1n) is 32.7. The monoisotopic (exact) mass is 1090 g/mol. The van der Waals surface area contributed by atoms with Gasteiger partial charge in [0.25, 0.3) is 0 Å².